The quantitative estimate of drug-likeness (QED) is 0.690. The molecular formula is C19H19N5O6. The fourth-order valence-electron chi connectivity index (χ4n) is 3.61. The van der Waals surface area contributed by atoms with Crippen LogP contribution in [0.1, 0.15) is 17.9 Å². The van der Waals surface area contributed by atoms with Gasteiger partial charge in [-0.25, -0.2) is 0 Å². The number of esters is 1. The maximum absolute atomic E-state index is 13.0. The molecule has 1 atom stereocenters. The molecule has 1 fully saturated rings. The van der Waals surface area contributed by atoms with Crippen molar-refractivity contribution < 1.29 is 28.5 Å². The van der Waals surface area contributed by atoms with Crippen LogP contribution in [0, 0.1) is 0 Å². The fourth-order valence-corrected chi connectivity index (χ4v) is 3.61. The number of nitrogens with one attached hydrogen (secondary N) is 1. The molecule has 2 aromatic rings. The lowest BCUT2D eigenvalue weighted by molar-refractivity contribution is -0.138. The Morgan fingerprint density at radius 3 is 2.80 bits per heavy atom. The van der Waals surface area contributed by atoms with E-state index in [9.17, 15) is 9.59 Å². The summed E-state index contributed by atoms with van der Waals surface area (Å²) in [7, 11) is 0. The Morgan fingerprint density at radius 1 is 1.17 bits per heavy atom. The lowest BCUT2D eigenvalue weighted by Crippen LogP contribution is -2.38. The molecule has 0 aliphatic carbocycles. The summed E-state index contributed by atoms with van der Waals surface area (Å²) in [6, 6.07) is 5.05. The number of morpholine rings is 1. The summed E-state index contributed by atoms with van der Waals surface area (Å²) in [5.41, 5.74) is 6.99. The zero-order chi connectivity index (χ0) is 20.7. The predicted molar refractivity (Wildman–Crippen MR) is 104 cm³/mol. The lowest BCUT2D eigenvalue weighted by atomic mass is 9.93. The summed E-state index contributed by atoms with van der Waals surface area (Å²) in [5.74, 6) is -0.224. The number of aromatic nitrogens is 2. The number of benzene rings is 1. The van der Waals surface area contributed by atoms with Gasteiger partial charge in [0.25, 0.3) is 0 Å². The third-order valence-corrected chi connectivity index (χ3v) is 5.11. The highest BCUT2D eigenvalue weighted by molar-refractivity contribution is 6.00. The van der Waals surface area contributed by atoms with E-state index in [1.165, 1.54) is 0 Å². The molecule has 1 saturated heterocycles. The number of carbonyl (C=O) groups is 2. The molecule has 11 heteroatoms. The number of fused-ring (bicyclic) bond motifs is 2. The molecule has 30 heavy (non-hydrogen) atoms. The van der Waals surface area contributed by atoms with Gasteiger partial charge in [-0.2, -0.15) is 9.97 Å². The van der Waals surface area contributed by atoms with E-state index in [1.54, 1.807) is 18.2 Å². The highest BCUT2D eigenvalue weighted by Crippen LogP contribution is 2.39. The molecule has 3 aliphatic rings. The van der Waals surface area contributed by atoms with Crippen molar-refractivity contribution in [1.29, 1.82) is 0 Å². The van der Waals surface area contributed by atoms with Crippen molar-refractivity contribution in [2.45, 2.75) is 12.3 Å². The zero-order valence-electron chi connectivity index (χ0n) is 15.9. The van der Waals surface area contributed by atoms with E-state index in [0.29, 0.717) is 55.0 Å². The molecule has 1 aromatic heterocycles. The van der Waals surface area contributed by atoms with E-state index in [2.05, 4.69) is 15.3 Å². The highest BCUT2D eigenvalue weighted by atomic mass is 16.7. The maximum atomic E-state index is 13.0. The molecule has 4 heterocycles. The molecule has 11 nitrogen and oxygen atoms in total. The molecule has 0 saturated carbocycles. The van der Waals surface area contributed by atoms with E-state index in [4.69, 9.17) is 24.7 Å². The van der Waals surface area contributed by atoms with E-state index in [-0.39, 0.29) is 24.9 Å². The van der Waals surface area contributed by atoms with Crippen molar-refractivity contribution >= 4 is 29.3 Å². The Kier molecular flexibility index (Phi) is 4.51. The molecular weight excluding hydrogens is 394 g/mol. The standard InChI is InChI=1S/C19H19N5O6/c20-16-15-11(17(26)21-10-1-2-12-13(7-10)29-9-28-12)8-14(25)30-18(15)23-19(22-16)24-3-5-27-6-4-24/h1-2,7,11H,3-6,8-9H2,(H,21,26)(H2,20,22,23)/t11-/m0/s1. The second kappa shape index (κ2) is 7.34. The number of carbonyl (C=O) groups excluding carboxylic acids is 2. The van der Waals surface area contributed by atoms with Gasteiger partial charge in [0.1, 0.15) is 5.82 Å². The fraction of sp³-hybridized carbons (Fsp3) is 0.368. The van der Waals surface area contributed by atoms with Crippen LogP contribution in [-0.2, 0) is 14.3 Å². The maximum Gasteiger partial charge on any atom is 0.313 e. The Labute approximate surface area is 171 Å². The van der Waals surface area contributed by atoms with Crippen LogP contribution in [0.4, 0.5) is 17.5 Å². The monoisotopic (exact) mass is 413 g/mol. The third-order valence-electron chi connectivity index (χ3n) is 5.11. The first-order valence-electron chi connectivity index (χ1n) is 9.50. The summed E-state index contributed by atoms with van der Waals surface area (Å²) < 4.78 is 21.2. The van der Waals surface area contributed by atoms with Crippen LogP contribution in [0.15, 0.2) is 18.2 Å². The van der Waals surface area contributed by atoms with Gasteiger partial charge in [0, 0.05) is 24.8 Å². The Bertz CT molecular complexity index is 1020. The number of rotatable bonds is 3. The van der Waals surface area contributed by atoms with Crippen LogP contribution in [-0.4, -0.2) is 54.9 Å². The van der Waals surface area contributed by atoms with Crippen LogP contribution in [0.2, 0.25) is 0 Å². The minimum atomic E-state index is -0.870. The molecule has 3 N–H and O–H groups in total. The molecule has 3 aliphatic heterocycles. The summed E-state index contributed by atoms with van der Waals surface area (Å²) in [5, 5.41) is 2.79. The van der Waals surface area contributed by atoms with E-state index in [0.717, 1.165) is 0 Å². The first-order valence-corrected chi connectivity index (χ1v) is 9.50. The second-order valence-corrected chi connectivity index (χ2v) is 7.02. The lowest BCUT2D eigenvalue weighted by Gasteiger charge is -2.29. The van der Waals surface area contributed by atoms with Gasteiger partial charge in [-0.05, 0) is 12.1 Å². The van der Waals surface area contributed by atoms with Gasteiger partial charge in [-0.15, -0.1) is 0 Å². The van der Waals surface area contributed by atoms with Gasteiger partial charge in [0.2, 0.25) is 24.5 Å². The number of hydrogen-bond acceptors (Lipinski definition) is 10. The number of hydrogen-bond donors (Lipinski definition) is 2. The van der Waals surface area contributed by atoms with Crippen LogP contribution in [0.25, 0.3) is 0 Å². The molecule has 156 valence electrons. The molecule has 1 amide bonds. The summed E-state index contributed by atoms with van der Waals surface area (Å²) in [6.45, 7) is 2.41. The van der Waals surface area contributed by atoms with Crippen LogP contribution in [0.3, 0.4) is 0 Å². The average Bonchev–Trinajstić information content (AvgIpc) is 3.21. The molecule has 0 spiro atoms. The minimum Gasteiger partial charge on any atom is -0.454 e. The first kappa shape index (κ1) is 18.4. The van der Waals surface area contributed by atoms with E-state index >= 15 is 0 Å². The Hall–Kier alpha value is -3.60. The number of ether oxygens (including phenoxy) is 4. The number of amides is 1. The number of nitrogens with zero attached hydrogens (tertiary/aromatic N) is 3. The predicted octanol–water partition coefficient (Wildman–Crippen LogP) is 0.655. The van der Waals surface area contributed by atoms with Gasteiger partial charge in [0.05, 0.1) is 31.1 Å². The summed E-state index contributed by atoms with van der Waals surface area (Å²) >= 11 is 0. The number of nitrogens with two attached hydrogens (primary N) is 1. The SMILES string of the molecule is Nc1nc(N2CCOCC2)nc2c1[C@@H](C(=O)Nc1ccc3c(c1)OCO3)CC(=O)O2. The van der Waals surface area contributed by atoms with Gasteiger partial charge in [-0.3, -0.25) is 9.59 Å². The molecule has 0 radical (unpaired) electrons. The zero-order valence-corrected chi connectivity index (χ0v) is 15.9. The number of anilines is 3. The van der Waals surface area contributed by atoms with Gasteiger partial charge in [0.15, 0.2) is 11.5 Å². The first-order chi connectivity index (χ1) is 14.6. The normalized spacial score (nSPS) is 19.8. The molecule has 1 aromatic carbocycles. The Balaban J connectivity index is 1.42. The van der Waals surface area contributed by atoms with Gasteiger partial charge in [-0.1, -0.05) is 0 Å². The third kappa shape index (κ3) is 3.32. The van der Waals surface area contributed by atoms with Crippen molar-refractivity contribution in [3.8, 4) is 17.4 Å². The summed E-state index contributed by atoms with van der Waals surface area (Å²) in [4.78, 5) is 35.8. The minimum absolute atomic E-state index is 0.0195. The van der Waals surface area contributed by atoms with Crippen molar-refractivity contribution in [3.63, 3.8) is 0 Å². The van der Waals surface area contributed by atoms with Crippen molar-refractivity contribution in [2.75, 3.05) is 49.0 Å². The van der Waals surface area contributed by atoms with E-state index < -0.39 is 17.8 Å². The summed E-state index contributed by atoms with van der Waals surface area (Å²) in [6.07, 6.45) is -0.159. The molecule has 0 unspecified atom stereocenters. The van der Waals surface area contributed by atoms with Crippen LogP contribution >= 0.6 is 0 Å². The highest BCUT2D eigenvalue weighted by Gasteiger charge is 2.37. The largest absolute Gasteiger partial charge is 0.454 e. The number of nitrogen functional groups attached to an aromatic ring is 1. The van der Waals surface area contributed by atoms with Crippen LogP contribution in [0.5, 0.6) is 17.4 Å². The van der Waals surface area contributed by atoms with E-state index in [1.807, 2.05) is 4.90 Å². The van der Waals surface area contributed by atoms with Gasteiger partial charge < -0.3 is 34.9 Å². The smallest absolute Gasteiger partial charge is 0.313 e. The molecule has 0 bridgehead atoms. The molecule has 5 rings (SSSR count). The topological polar surface area (TPSA) is 138 Å². The average molecular weight is 413 g/mol. The van der Waals surface area contributed by atoms with Crippen molar-refractivity contribution in [2.24, 2.45) is 0 Å². The Morgan fingerprint density at radius 2 is 1.97 bits per heavy atom. The second-order valence-electron chi connectivity index (χ2n) is 7.02. The van der Waals surface area contributed by atoms with Crippen LogP contribution < -0.4 is 30.2 Å². The van der Waals surface area contributed by atoms with Crippen molar-refractivity contribution in [1.82, 2.24) is 9.97 Å². The van der Waals surface area contributed by atoms with Gasteiger partial charge >= 0.3 is 5.97 Å². The van der Waals surface area contributed by atoms with Crippen molar-refractivity contribution in [3.05, 3.63) is 23.8 Å².